The minimum Gasteiger partial charge on any atom is -0.497 e. The molecule has 0 amide bonds. The van der Waals surface area contributed by atoms with E-state index in [9.17, 15) is 0 Å². The number of rotatable bonds is 6. The number of methoxy groups -OCH3 is 1. The molecule has 1 heterocycles. The van der Waals surface area contributed by atoms with Gasteiger partial charge in [0, 0.05) is 18.0 Å². The lowest BCUT2D eigenvalue weighted by atomic mass is 9.88. The van der Waals surface area contributed by atoms with Crippen LogP contribution < -0.4 is 4.74 Å². The lowest BCUT2D eigenvalue weighted by Gasteiger charge is -2.23. The summed E-state index contributed by atoms with van der Waals surface area (Å²) in [6.45, 7) is 13.1. The number of imidazole rings is 1. The normalized spacial score (nSPS) is 10.8. The molecule has 0 aliphatic rings. The monoisotopic (exact) mass is 440 g/mol. The fraction of sp³-hybridized carbons (Fsp3) is 0.300. The molecule has 0 atom stereocenters. The summed E-state index contributed by atoms with van der Waals surface area (Å²) in [7, 11) is 1.70. The quantitative estimate of drug-likeness (QED) is 0.300. The van der Waals surface area contributed by atoms with Crippen LogP contribution in [0, 0.1) is 0 Å². The van der Waals surface area contributed by atoms with Crippen molar-refractivity contribution < 1.29 is 4.74 Å². The Hall–Kier alpha value is -3.33. The molecule has 0 aliphatic carbocycles. The third-order valence-corrected chi connectivity index (χ3v) is 5.75. The number of benzene rings is 3. The maximum atomic E-state index is 5.34. The average Bonchev–Trinajstić information content (AvgIpc) is 3.34. The van der Waals surface area contributed by atoms with Gasteiger partial charge >= 0.3 is 0 Å². The van der Waals surface area contributed by atoms with E-state index in [-0.39, 0.29) is 0 Å². The molecule has 3 heteroatoms. The highest BCUT2D eigenvalue weighted by atomic mass is 16.5. The van der Waals surface area contributed by atoms with E-state index >= 15 is 0 Å². The van der Waals surface area contributed by atoms with Gasteiger partial charge in [-0.25, -0.2) is 4.98 Å². The maximum absolute atomic E-state index is 5.34. The van der Waals surface area contributed by atoms with E-state index in [2.05, 4.69) is 87.0 Å². The van der Waals surface area contributed by atoms with Gasteiger partial charge in [-0.1, -0.05) is 84.0 Å². The Morgan fingerprint density at radius 3 is 1.82 bits per heavy atom. The van der Waals surface area contributed by atoms with E-state index in [1.165, 1.54) is 27.9 Å². The summed E-state index contributed by atoms with van der Waals surface area (Å²) < 4.78 is 7.60. The van der Waals surface area contributed by atoms with Crippen LogP contribution in [0.15, 0.2) is 79.1 Å². The molecular weight excluding hydrogens is 404 g/mol. The molecule has 0 fully saturated rings. The van der Waals surface area contributed by atoms with Gasteiger partial charge in [-0.3, -0.25) is 4.57 Å². The van der Waals surface area contributed by atoms with Crippen LogP contribution in [0.4, 0.5) is 0 Å². The zero-order chi connectivity index (χ0) is 24.0. The molecule has 0 spiro atoms. The predicted molar refractivity (Wildman–Crippen MR) is 141 cm³/mol. The number of ether oxygens (including phenoxy) is 1. The van der Waals surface area contributed by atoms with Crippen molar-refractivity contribution in [2.24, 2.45) is 0 Å². The second-order valence-electron chi connectivity index (χ2n) is 8.53. The molecule has 1 aromatic heterocycles. The first-order valence-corrected chi connectivity index (χ1v) is 11.9. The Kier molecular flexibility index (Phi) is 8.11. The van der Waals surface area contributed by atoms with Gasteiger partial charge in [-0.15, -0.1) is 0 Å². The Bertz CT molecular complexity index is 1130. The third-order valence-electron chi connectivity index (χ3n) is 5.75. The van der Waals surface area contributed by atoms with Crippen molar-refractivity contribution in [2.45, 2.75) is 53.4 Å². The Morgan fingerprint density at radius 1 is 0.727 bits per heavy atom. The SMILES string of the molecule is CC.COc1ccc(-c2cc(C(C)C)c(-n3ccnc3-c3ccccc3)c(C(C)C)c2)cc1. The molecule has 0 saturated carbocycles. The van der Waals surface area contributed by atoms with E-state index in [1.54, 1.807) is 7.11 Å². The highest BCUT2D eigenvalue weighted by molar-refractivity contribution is 5.71. The molecule has 0 unspecified atom stereocenters. The maximum Gasteiger partial charge on any atom is 0.144 e. The number of nitrogens with zero attached hydrogens (tertiary/aromatic N) is 2. The van der Waals surface area contributed by atoms with Crippen molar-refractivity contribution in [3.05, 3.63) is 90.3 Å². The van der Waals surface area contributed by atoms with Gasteiger partial charge in [-0.2, -0.15) is 0 Å². The summed E-state index contributed by atoms with van der Waals surface area (Å²) in [5, 5.41) is 0. The Morgan fingerprint density at radius 2 is 1.30 bits per heavy atom. The molecule has 0 aliphatic heterocycles. The largest absolute Gasteiger partial charge is 0.497 e. The highest BCUT2D eigenvalue weighted by Gasteiger charge is 2.20. The molecule has 0 N–H and O–H groups in total. The van der Waals surface area contributed by atoms with E-state index in [4.69, 9.17) is 9.72 Å². The summed E-state index contributed by atoms with van der Waals surface area (Å²) in [5.41, 5.74) is 7.46. The minimum absolute atomic E-state index is 0.372. The second kappa shape index (κ2) is 11.0. The van der Waals surface area contributed by atoms with Crippen LogP contribution in [0.2, 0.25) is 0 Å². The van der Waals surface area contributed by atoms with Crippen LogP contribution in [0.1, 0.15) is 64.5 Å². The molecular formula is C30H36N2O. The fourth-order valence-electron chi connectivity index (χ4n) is 4.07. The molecule has 172 valence electrons. The van der Waals surface area contributed by atoms with E-state index < -0.39 is 0 Å². The lowest BCUT2D eigenvalue weighted by Crippen LogP contribution is -2.08. The lowest BCUT2D eigenvalue weighted by molar-refractivity contribution is 0.415. The molecule has 3 nitrogen and oxygen atoms in total. The number of hydrogen-bond donors (Lipinski definition) is 0. The molecule has 0 radical (unpaired) electrons. The van der Waals surface area contributed by atoms with Crippen LogP contribution in [-0.2, 0) is 0 Å². The first kappa shape index (κ1) is 24.3. The van der Waals surface area contributed by atoms with Crippen LogP contribution >= 0.6 is 0 Å². The zero-order valence-corrected chi connectivity index (χ0v) is 21.0. The van der Waals surface area contributed by atoms with Gasteiger partial charge in [0.1, 0.15) is 11.6 Å². The fourth-order valence-corrected chi connectivity index (χ4v) is 4.07. The van der Waals surface area contributed by atoms with Gasteiger partial charge in [0.25, 0.3) is 0 Å². The summed E-state index contributed by atoms with van der Waals surface area (Å²) >= 11 is 0. The third kappa shape index (κ3) is 5.19. The molecule has 33 heavy (non-hydrogen) atoms. The zero-order valence-electron chi connectivity index (χ0n) is 21.0. The van der Waals surface area contributed by atoms with Crippen molar-refractivity contribution in [3.63, 3.8) is 0 Å². The van der Waals surface area contributed by atoms with Gasteiger partial charge < -0.3 is 4.74 Å². The van der Waals surface area contributed by atoms with Crippen molar-refractivity contribution in [2.75, 3.05) is 7.11 Å². The Labute approximate surface area is 199 Å². The summed E-state index contributed by atoms with van der Waals surface area (Å²) in [4.78, 5) is 4.71. The molecule has 0 bridgehead atoms. The van der Waals surface area contributed by atoms with Crippen molar-refractivity contribution in [1.82, 2.24) is 9.55 Å². The minimum atomic E-state index is 0.372. The second-order valence-corrected chi connectivity index (χ2v) is 8.53. The first-order chi connectivity index (χ1) is 16.0. The standard InChI is InChI=1S/C28H30N2O.C2H6/c1-19(2)25-17-23(21-11-13-24(31-5)14-12-21)18-26(20(3)4)27(25)30-16-15-29-28(30)22-9-7-6-8-10-22;1-2/h6-20H,1-5H3;1-2H3. The summed E-state index contributed by atoms with van der Waals surface area (Å²) in [5.74, 6) is 2.59. The number of hydrogen-bond acceptors (Lipinski definition) is 2. The average molecular weight is 441 g/mol. The van der Waals surface area contributed by atoms with E-state index in [1.807, 2.05) is 38.2 Å². The van der Waals surface area contributed by atoms with Gasteiger partial charge in [0.15, 0.2) is 0 Å². The van der Waals surface area contributed by atoms with Crippen molar-refractivity contribution >= 4 is 0 Å². The summed E-state index contributed by atoms with van der Waals surface area (Å²) in [6, 6.07) is 23.4. The molecule has 4 aromatic rings. The van der Waals surface area contributed by atoms with Crippen LogP contribution in [-0.4, -0.2) is 16.7 Å². The van der Waals surface area contributed by atoms with E-state index in [0.717, 1.165) is 17.1 Å². The van der Waals surface area contributed by atoms with Crippen molar-refractivity contribution in [1.29, 1.82) is 0 Å². The Balaban J connectivity index is 0.00000149. The molecule has 3 aromatic carbocycles. The topological polar surface area (TPSA) is 27.1 Å². The van der Waals surface area contributed by atoms with Gasteiger partial charge in [-0.05, 0) is 58.4 Å². The predicted octanol–water partition coefficient (Wildman–Crippen LogP) is 8.49. The first-order valence-electron chi connectivity index (χ1n) is 11.9. The van der Waals surface area contributed by atoms with E-state index in [0.29, 0.717) is 11.8 Å². The van der Waals surface area contributed by atoms with Crippen molar-refractivity contribution in [3.8, 4) is 34.0 Å². The van der Waals surface area contributed by atoms with Crippen LogP contribution in [0.25, 0.3) is 28.2 Å². The van der Waals surface area contributed by atoms with Gasteiger partial charge in [0.2, 0.25) is 0 Å². The highest BCUT2D eigenvalue weighted by Crippen LogP contribution is 2.38. The number of aromatic nitrogens is 2. The van der Waals surface area contributed by atoms with Crippen LogP contribution in [0.5, 0.6) is 5.75 Å². The molecule has 0 saturated heterocycles. The summed E-state index contributed by atoms with van der Waals surface area (Å²) in [6.07, 6.45) is 3.98. The van der Waals surface area contributed by atoms with Crippen LogP contribution in [0.3, 0.4) is 0 Å². The smallest absolute Gasteiger partial charge is 0.144 e. The molecule has 4 rings (SSSR count). The van der Waals surface area contributed by atoms with Gasteiger partial charge in [0.05, 0.1) is 12.8 Å².